The Morgan fingerprint density at radius 2 is 1.95 bits per heavy atom. The van der Waals surface area contributed by atoms with E-state index in [1.807, 2.05) is 31.2 Å². The van der Waals surface area contributed by atoms with E-state index in [9.17, 15) is 9.90 Å². The van der Waals surface area contributed by atoms with Gasteiger partial charge in [-0.15, -0.1) is 0 Å². The van der Waals surface area contributed by atoms with Gasteiger partial charge in [0, 0.05) is 11.6 Å². The number of hydrogen-bond donors (Lipinski definition) is 2. The maximum absolute atomic E-state index is 11.8. The minimum atomic E-state index is -0.222. The summed E-state index contributed by atoms with van der Waals surface area (Å²) in [4.78, 5) is 11.8. The fourth-order valence-electron chi connectivity index (χ4n) is 1.98. The molecule has 1 amide bonds. The summed E-state index contributed by atoms with van der Waals surface area (Å²) in [7, 11) is 0. The van der Waals surface area contributed by atoms with Gasteiger partial charge >= 0.3 is 0 Å². The molecule has 2 N–H and O–H groups in total. The Morgan fingerprint density at radius 3 is 2.64 bits per heavy atom. The summed E-state index contributed by atoms with van der Waals surface area (Å²) in [5.74, 6) is 0.383. The van der Waals surface area contributed by atoms with Gasteiger partial charge in [0.25, 0.3) is 5.91 Å². The highest BCUT2D eigenvalue weighted by molar-refractivity contribution is 6.31. The molecule has 0 aliphatic heterocycles. The van der Waals surface area contributed by atoms with Crippen LogP contribution in [0.3, 0.4) is 0 Å². The largest absolute Gasteiger partial charge is 0.484 e. The molecule has 0 aliphatic rings. The number of amides is 1. The third-order valence-electron chi connectivity index (χ3n) is 3.26. The second kappa shape index (κ2) is 7.82. The maximum Gasteiger partial charge on any atom is 0.258 e. The minimum absolute atomic E-state index is 0.0490. The maximum atomic E-state index is 11.8. The van der Waals surface area contributed by atoms with Crippen molar-refractivity contribution in [3.8, 4) is 5.75 Å². The number of carbonyl (C=O) groups excluding carboxylic acids is 1. The molecule has 0 saturated heterocycles. The minimum Gasteiger partial charge on any atom is -0.484 e. The lowest BCUT2D eigenvalue weighted by atomic mass is 10.1. The number of benzene rings is 2. The van der Waals surface area contributed by atoms with Crippen LogP contribution in [-0.4, -0.2) is 17.6 Å². The van der Waals surface area contributed by atoms with E-state index < -0.39 is 0 Å². The first kappa shape index (κ1) is 16.3. The zero-order chi connectivity index (χ0) is 15.9. The number of aryl methyl sites for hydroxylation is 1. The normalized spacial score (nSPS) is 10.3. The first-order valence-corrected chi connectivity index (χ1v) is 7.31. The van der Waals surface area contributed by atoms with E-state index >= 15 is 0 Å². The van der Waals surface area contributed by atoms with Crippen molar-refractivity contribution in [2.75, 3.05) is 6.61 Å². The quantitative estimate of drug-likeness (QED) is 0.860. The Morgan fingerprint density at radius 1 is 1.23 bits per heavy atom. The molecule has 0 atom stereocenters. The van der Waals surface area contributed by atoms with Crippen molar-refractivity contribution in [3.63, 3.8) is 0 Å². The third kappa shape index (κ3) is 4.48. The standard InChI is InChI=1S/C17H18ClNO3/c1-12-8-15(6-7-16(12)18)22-11-17(21)19-9-13-4-2-3-5-14(13)10-20/h2-8,20H,9-11H2,1H3,(H,19,21). The molecule has 5 heteroatoms. The predicted molar refractivity (Wildman–Crippen MR) is 85.9 cm³/mol. The number of nitrogens with one attached hydrogen (secondary N) is 1. The van der Waals surface area contributed by atoms with Crippen LogP contribution in [0.4, 0.5) is 0 Å². The van der Waals surface area contributed by atoms with Crippen LogP contribution in [0.15, 0.2) is 42.5 Å². The van der Waals surface area contributed by atoms with Gasteiger partial charge in [-0.25, -0.2) is 0 Å². The molecule has 0 saturated carbocycles. The Kier molecular flexibility index (Phi) is 5.81. The molecule has 0 heterocycles. The topological polar surface area (TPSA) is 58.6 Å². The number of aliphatic hydroxyl groups excluding tert-OH is 1. The lowest BCUT2D eigenvalue weighted by Crippen LogP contribution is -2.28. The molecule has 0 bridgehead atoms. The zero-order valence-corrected chi connectivity index (χ0v) is 13.1. The smallest absolute Gasteiger partial charge is 0.258 e. The van der Waals surface area contributed by atoms with Crippen LogP contribution >= 0.6 is 11.6 Å². The summed E-state index contributed by atoms with van der Waals surface area (Å²) < 4.78 is 5.43. The first-order valence-electron chi connectivity index (χ1n) is 6.93. The molecule has 0 radical (unpaired) electrons. The Balaban J connectivity index is 1.84. The number of ether oxygens (including phenoxy) is 1. The number of carbonyl (C=O) groups is 1. The Bertz CT molecular complexity index is 658. The van der Waals surface area contributed by atoms with Gasteiger partial charge in [0.15, 0.2) is 6.61 Å². The lowest BCUT2D eigenvalue weighted by molar-refractivity contribution is -0.123. The summed E-state index contributed by atoms with van der Waals surface area (Å²) in [5, 5.41) is 12.7. The highest BCUT2D eigenvalue weighted by Crippen LogP contribution is 2.20. The van der Waals surface area contributed by atoms with Crippen LogP contribution in [0.25, 0.3) is 0 Å². The van der Waals surface area contributed by atoms with E-state index in [1.54, 1.807) is 18.2 Å². The van der Waals surface area contributed by atoms with E-state index in [1.165, 1.54) is 0 Å². The van der Waals surface area contributed by atoms with Crippen molar-refractivity contribution in [2.45, 2.75) is 20.1 Å². The summed E-state index contributed by atoms with van der Waals surface area (Å²) in [5.41, 5.74) is 2.59. The lowest BCUT2D eigenvalue weighted by Gasteiger charge is -2.10. The molecular weight excluding hydrogens is 302 g/mol. The molecule has 2 aromatic rings. The van der Waals surface area contributed by atoms with Crippen LogP contribution in [0, 0.1) is 6.92 Å². The van der Waals surface area contributed by atoms with Gasteiger partial charge in [-0.2, -0.15) is 0 Å². The number of hydrogen-bond acceptors (Lipinski definition) is 3. The van der Waals surface area contributed by atoms with Crippen molar-refractivity contribution >= 4 is 17.5 Å². The van der Waals surface area contributed by atoms with Crippen LogP contribution in [0.2, 0.25) is 5.02 Å². The predicted octanol–water partition coefficient (Wildman–Crippen LogP) is 2.84. The molecular formula is C17H18ClNO3. The Labute approximate surface area is 134 Å². The van der Waals surface area contributed by atoms with Crippen LogP contribution in [-0.2, 0) is 17.9 Å². The first-order chi connectivity index (χ1) is 10.6. The van der Waals surface area contributed by atoms with Gasteiger partial charge in [-0.05, 0) is 41.8 Å². The summed E-state index contributed by atoms with van der Waals surface area (Å²) in [6, 6.07) is 12.7. The van der Waals surface area contributed by atoms with Gasteiger partial charge in [0.05, 0.1) is 6.61 Å². The molecule has 116 valence electrons. The van der Waals surface area contributed by atoms with Crippen molar-refractivity contribution in [2.24, 2.45) is 0 Å². The van der Waals surface area contributed by atoms with Gasteiger partial charge in [-0.1, -0.05) is 35.9 Å². The summed E-state index contributed by atoms with van der Waals surface area (Å²) in [6.07, 6.45) is 0. The SMILES string of the molecule is Cc1cc(OCC(=O)NCc2ccccc2CO)ccc1Cl. The molecule has 0 spiro atoms. The Hall–Kier alpha value is -2.04. The van der Waals surface area contributed by atoms with Gasteiger partial charge in [0.2, 0.25) is 0 Å². The molecule has 0 aromatic heterocycles. The van der Waals surface area contributed by atoms with Crippen LogP contribution in [0.1, 0.15) is 16.7 Å². The highest BCUT2D eigenvalue weighted by Gasteiger charge is 2.06. The van der Waals surface area contributed by atoms with E-state index in [-0.39, 0.29) is 19.1 Å². The van der Waals surface area contributed by atoms with Crippen LogP contribution in [0.5, 0.6) is 5.75 Å². The van der Waals surface area contributed by atoms with Crippen molar-refractivity contribution in [1.29, 1.82) is 0 Å². The zero-order valence-electron chi connectivity index (χ0n) is 12.3. The molecule has 0 aliphatic carbocycles. The summed E-state index contributed by atoms with van der Waals surface area (Å²) in [6.45, 7) is 2.12. The fraction of sp³-hybridized carbons (Fsp3) is 0.235. The highest BCUT2D eigenvalue weighted by atomic mass is 35.5. The third-order valence-corrected chi connectivity index (χ3v) is 3.69. The van der Waals surface area contributed by atoms with Crippen molar-refractivity contribution in [3.05, 3.63) is 64.2 Å². The second-order valence-electron chi connectivity index (χ2n) is 4.90. The summed E-state index contributed by atoms with van der Waals surface area (Å²) >= 11 is 5.93. The van der Waals surface area contributed by atoms with Crippen molar-refractivity contribution < 1.29 is 14.6 Å². The van der Waals surface area contributed by atoms with E-state index in [0.717, 1.165) is 16.7 Å². The molecule has 2 rings (SSSR count). The monoisotopic (exact) mass is 319 g/mol. The van der Waals surface area contributed by atoms with Crippen LogP contribution < -0.4 is 10.1 Å². The number of rotatable bonds is 6. The second-order valence-corrected chi connectivity index (χ2v) is 5.31. The molecule has 22 heavy (non-hydrogen) atoms. The molecule has 4 nitrogen and oxygen atoms in total. The van der Waals surface area contributed by atoms with Gasteiger partial charge in [-0.3, -0.25) is 4.79 Å². The molecule has 0 fully saturated rings. The van der Waals surface area contributed by atoms with E-state index in [0.29, 0.717) is 17.3 Å². The molecule has 0 unspecified atom stereocenters. The average Bonchev–Trinajstić information content (AvgIpc) is 2.54. The van der Waals surface area contributed by atoms with Gasteiger partial charge in [0.1, 0.15) is 5.75 Å². The van der Waals surface area contributed by atoms with Crippen molar-refractivity contribution in [1.82, 2.24) is 5.32 Å². The van der Waals surface area contributed by atoms with E-state index in [4.69, 9.17) is 16.3 Å². The fourth-order valence-corrected chi connectivity index (χ4v) is 2.10. The number of halogens is 1. The van der Waals surface area contributed by atoms with Gasteiger partial charge < -0.3 is 15.2 Å². The molecule has 2 aromatic carbocycles. The number of aliphatic hydroxyl groups is 1. The van der Waals surface area contributed by atoms with E-state index in [2.05, 4.69) is 5.32 Å². The average molecular weight is 320 g/mol.